The first-order valence-electron chi connectivity index (χ1n) is 5.80. The van der Waals surface area contributed by atoms with Gasteiger partial charge >= 0.3 is 0 Å². The first-order chi connectivity index (χ1) is 6.75. The lowest BCUT2D eigenvalue weighted by Gasteiger charge is -2.25. The summed E-state index contributed by atoms with van der Waals surface area (Å²) in [5, 5.41) is 3.51. The molecule has 0 aromatic heterocycles. The van der Waals surface area contributed by atoms with Crippen molar-refractivity contribution in [2.75, 3.05) is 6.54 Å². The highest BCUT2D eigenvalue weighted by Gasteiger charge is 2.30. The smallest absolute Gasteiger partial charge is 0.0996 e. The first-order valence-corrected chi connectivity index (χ1v) is 6.88. The first kappa shape index (κ1) is 10.4. The van der Waals surface area contributed by atoms with E-state index in [2.05, 4.69) is 23.9 Å². The highest BCUT2D eigenvalue weighted by molar-refractivity contribution is 7.37. The second kappa shape index (κ2) is 4.61. The monoisotopic (exact) mass is 212 g/mol. The Labute approximate surface area is 88.8 Å². The van der Waals surface area contributed by atoms with Crippen molar-refractivity contribution in [2.24, 2.45) is 16.8 Å². The van der Waals surface area contributed by atoms with E-state index < -0.39 is 0 Å². The number of fused-ring (bicyclic) bond motifs is 1. The van der Waals surface area contributed by atoms with Crippen LogP contribution < -0.4 is 5.09 Å². The predicted molar refractivity (Wildman–Crippen MR) is 64.3 cm³/mol. The van der Waals surface area contributed by atoms with E-state index in [9.17, 15) is 0 Å². The van der Waals surface area contributed by atoms with Crippen LogP contribution in [0.5, 0.6) is 0 Å². The summed E-state index contributed by atoms with van der Waals surface area (Å²) in [7, 11) is 0.842. The van der Waals surface area contributed by atoms with Crippen molar-refractivity contribution in [3.05, 3.63) is 0 Å². The van der Waals surface area contributed by atoms with Crippen molar-refractivity contribution in [2.45, 2.75) is 45.2 Å². The highest BCUT2D eigenvalue weighted by Crippen LogP contribution is 2.37. The summed E-state index contributed by atoms with van der Waals surface area (Å²) in [5.74, 6) is 3.16. The van der Waals surface area contributed by atoms with Crippen LogP contribution in [-0.4, -0.2) is 18.0 Å². The number of nitrogens with zero attached hydrogens (tertiary/aromatic N) is 1. The van der Waals surface area contributed by atoms with Gasteiger partial charge in [-0.15, -0.1) is 0 Å². The molecule has 14 heavy (non-hydrogen) atoms. The zero-order valence-electron chi connectivity index (χ0n) is 9.21. The number of nitrogens with one attached hydrogen (secondary N) is 1. The summed E-state index contributed by atoms with van der Waals surface area (Å²) >= 11 is 0. The van der Waals surface area contributed by atoms with E-state index in [0.717, 1.165) is 32.8 Å². The SMILES string of the molecule is CC(C)PNC1=NCC2CCCC2C1. The molecule has 1 heterocycles. The molecule has 1 aliphatic heterocycles. The Kier molecular flexibility index (Phi) is 3.43. The van der Waals surface area contributed by atoms with Crippen LogP contribution in [0.4, 0.5) is 0 Å². The average molecular weight is 212 g/mol. The maximum atomic E-state index is 4.66. The third-order valence-corrected chi connectivity index (χ3v) is 4.30. The predicted octanol–water partition coefficient (Wildman–Crippen LogP) is 2.80. The molecule has 2 aliphatic rings. The summed E-state index contributed by atoms with van der Waals surface area (Å²) in [6.07, 6.45) is 5.53. The van der Waals surface area contributed by atoms with Gasteiger partial charge in [0.2, 0.25) is 0 Å². The van der Waals surface area contributed by atoms with Gasteiger partial charge in [-0.2, -0.15) is 0 Å². The van der Waals surface area contributed by atoms with E-state index in [4.69, 9.17) is 0 Å². The van der Waals surface area contributed by atoms with Gasteiger partial charge in [-0.1, -0.05) is 20.3 Å². The molecule has 3 heteroatoms. The van der Waals surface area contributed by atoms with Crippen molar-refractivity contribution in [3.8, 4) is 0 Å². The van der Waals surface area contributed by atoms with Crippen LogP contribution in [0.2, 0.25) is 0 Å². The molecule has 0 aromatic carbocycles. The van der Waals surface area contributed by atoms with E-state index in [1.807, 2.05) is 0 Å². The van der Waals surface area contributed by atoms with Crippen molar-refractivity contribution >= 4 is 14.6 Å². The van der Waals surface area contributed by atoms with Crippen molar-refractivity contribution in [1.82, 2.24) is 5.09 Å². The molecule has 0 saturated heterocycles. The minimum atomic E-state index is 0.749. The van der Waals surface area contributed by atoms with Gasteiger partial charge in [-0.25, -0.2) is 0 Å². The normalized spacial score (nSPS) is 32.4. The lowest BCUT2D eigenvalue weighted by atomic mass is 9.90. The van der Waals surface area contributed by atoms with Gasteiger partial charge < -0.3 is 5.09 Å². The maximum Gasteiger partial charge on any atom is 0.0996 e. The summed E-state index contributed by atoms with van der Waals surface area (Å²) < 4.78 is 0. The molecule has 3 atom stereocenters. The van der Waals surface area contributed by atoms with Crippen LogP contribution in [0.25, 0.3) is 0 Å². The van der Waals surface area contributed by atoms with E-state index >= 15 is 0 Å². The average Bonchev–Trinajstić information content (AvgIpc) is 2.61. The fourth-order valence-electron chi connectivity index (χ4n) is 2.48. The van der Waals surface area contributed by atoms with Crippen LogP contribution >= 0.6 is 8.73 Å². The molecule has 1 fully saturated rings. The van der Waals surface area contributed by atoms with Gasteiger partial charge in [-0.3, -0.25) is 4.99 Å². The van der Waals surface area contributed by atoms with Crippen LogP contribution in [-0.2, 0) is 0 Å². The molecule has 0 radical (unpaired) electrons. The van der Waals surface area contributed by atoms with Gasteiger partial charge in [0, 0.05) is 13.0 Å². The Balaban J connectivity index is 1.83. The molecule has 0 aromatic rings. The van der Waals surface area contributed by atoms with Gasteiger partial charge in [0.15, 0.2) is 0 Å². The molecule has 1 N–H and O–H groups in total. The van der Waals surface area contributed by atoms with Crippen LogP contribution in [0, 0.1) is 11.8 Å². The minimum absolute atomic E-state index is 0.749. The number of amidine groups is 1. The highest BCUT2D eigenvalue weighted by atomic mass is 31.1. The summed E-state index contributed by atoms with van der Waals surface area (Å²) in [5.41, 5.74) is 0.749. The lowest BCUT2D eigenvalue weighted by molar-refractivity contribution is 0.390. The van der Waals surface area contributed by atoms with Crippen molar-refractivity contribution in [1.29, 1.82) is 0 Å². The maximum absolute atomic E-state index is 4.66. The largest absolute Gasteiger partial charge is 0.355 e. The number of rotatable bonds is 2. The molecule has 3 unspecified atom stereocenters. The zero-order valence-corrected chi connectivity index (χ0v) is 10.2. The van der Waals surface area contributed by atoms with Crippen LogP contribution in [0.3, 0.4) is 0 Å². The number of hydrogen-bond donors (Lipinski definition) is 1. The molecule has 80 valence electrons. The van der Waals surface area contributed by atoms with E-state index in [1.54, 1.807) is 0 Å². The molecular formula is C11H21N2P. The quantitative estimate of drug-likeness (QED) is 0.699. The molecule has 0 bridgehead atoms. The van der Waals surface area contributed by atoms with Gasteiger partial charge in [0.05, 0.1) is 5.84 Å². The Bertz CT molecular complexity index is 225. The summed E-state index contributed by atoms with van der Waals surface area (Å²) in [6, 6.07) is 0. The van der Waals surface area contributed by atoms with Crippen LogP contribution in [0.1, 0.15) is 39.5 Å². The molecule has 1 aliphatic carbocycles. The van der Waals surface area contributed by atoms with Crippen LogP contribution in [0.15, 0.2) is 4.99 Å². The van der Waals surface area contributed by atoms with Gasteiger partial charge in [0.1, 0.15) is 0 Å². The Morgan fingerprint density at radius 1 is 1.36 bits per heavy atom. The summed E-state index contributed by atoms with van der Waals surface area (Å²) in [6.45, 7) is 5.61. The number of hydrogen-bond acceptors (Lipinski definition) is 2. The Morgan fingerprint density at radius 3 is 2.93 bits per heavy atom. The molecule has 2 nitrogen and oxygen atoms in total. The third-order valence-electron chi connectivity index (χ3n) is 3.29. The van der Waals surface area contributed by atoms with E-state index in [0.29, 0.717) is 0 Å². The van der Waals surface area contributed by atoms with E-state index in [1.165, 1.54) is 31.5 Å². The fraction of sp³-hybridized carbons (Fsp3) is 0.909. The Morgan fingerprint density at radius 2 is 2.14 bits per heavy atom. The second-order valence-corrected chi connectivity index (χ2v) is 6.56. The molecule has 0 spiro atoms. The molecule has 2 rings (SSSR count). The lowest BCUT2D eigenvalue weighted by Crippen LogP contribution is -2.28. The third kappa shape index (κ3) is 2.48. The minimum Gasteiger partial charge on any atom is -0.355 e. The standard InChI is InChI=1S/C11H21N2P/c1-8(2)14-13-11-6-9-4-3-5-10(9)7-12-11/h8-10,14H,3-7H2,1-2H3,(H,12,13). The van der Waals surface area contributed by atoms with E-state index in [-0.39, 0.29) is 0 Å². The van der Waals surface area contributed by atoms with Crippen molar-refractivity contribution in [3.63, 3.8) is 0 Å². The Hall–Kier alpha value is -0.100. The number of aliphatic imine (C=N–C) groups is 1. The summed E-state index contributed by atoms with van der Waals surface area (Å²) in [4.78, 5) is 4.66. The van der Waals surface area contributed by atoms with Gasteiger partial charge in [0.25, 0.3) is 0 Å². The second-order valence-electron chi connectivity index (χ2n) is 4.87. The zero-order chi connectivity index (χ0) is 9.97. The molecule has 1 saturated carbocycles. The molecular weight excluding hydrogens is 191 g/mol. The molecule has 0 amide bonds. The van der Waals surface area contributed by atoms with Gasteiger partial charge in [-0.05, 0) is 39.1 Å². The van der Waals surface area contributed by atoms with Crippen molar-refractivity contribution < 1.29 is 0 Å². The fourth-order valence-corrected chi connectivity index (χ4v) is 3.12. The topological polar surface area (TPSA) is 24.4 Å².